The van der Waals surface area contributed by atoms with E-state index in [0.717, 1.165) is 11.6 Å². The molecular formula is C26H29NO11S2. The number of hydrogen-bond acceptors (Lipinski definition) is 11. The molecule has 12 nitrogen and oxygen atoms in total. The lowest BCUT2D eigenvalue weighted by Crippen LogP contribution is -2.15. The van der Waals surface area contributed by atoms with Crippen molar-refractivity contribution < 1.29 is 44.3 Å². The summed E-state index contributed by atoms with van der Waals surface area (Å²) in [5.41, 5.74) is 1.25. The van der Waals surface area contributed by atoms with Crippen LogP contribution in [0.1, 0.15) is 11.1 Å². The van der Waals surface area contributed by atoms with Crippen LogP contribution in [0.3, 0.4) is 0 Å². The third kappa shape index (κ3) is 10.2. The lowest BCUT2D eigenvalue weighted by molar-refractivity contribution is -0.385. The fraction of sp³-hybridized carbons (Fsp3) is 0.308. The van der Waals surface area contributed by atoms with Gasteiger partial charge < -0.3 is 14.2 Å². The Kier molecular flexibility index (Phi) is 11.4. The van der Waals surface area contributed by atoms with Crippen LogP contribution in [0.4, 0.5) is 5.69 Å². The molecule has 0 aliphatic rings. The number of rotatable bonds is 17. The summed E-state index contributed by atoms with van der Waals surface area (Å²) in [6.07, 6.45) is 0. The molecule has 0 bridgehead atoms. The number of ether oxygens (including phenoxy) is 3. The molecule has 0 N–H and O–H groups in total. The SMILES string of the molecule is Cc1ccc(S(=O)(=O)OCCOc2cc([N+](=O)[O-])ccc2OCCOCCOS(=O)(=O)Cc2ccccc2)cc1. The number of benzene rings is 3. The minimum Gasteiger partial charge on any atom is -0.487 e. The summed E-state index contributed by atoms with van der Waals surface area (Å²) >= 11 is 0. The Hall–Kier alpha value is -3.56. The molecule has 0 radical (unpaired) electrons. The van der Waals surface area contributed by atoms with Crippen molar-refractivity contribution in [1.82, 2.24) is 0 Å². The minimum atomic E-state index is -4.00. The number of nitro groups is 1. The van der Waals surface area contributed by atoms with Gasteiger partial charge in [0.25, 0.3) is 25.9 Å². The fourth-order valence-corrected chi connectivity index (χ4v) is 5.16. The van der Waals surface area contributed by atoms with Crippen molar-refractivity contribution in [2.75, 3.05) is 39.6 Å². The first-order valence-corrected chi connectivity index (χ1v) is 15.0. The zero-order chi connectivity index (χ0) is 29.0. The van der Waals surface area contributed by atoms with Crippen molar-refractivity contribution in [1.29, 1.82) is 0 Å². The highest BCUT2D eigenvalue weighted by atomic mass is 32.2. The maximum Gasteiger partial charge on any atom is 0.297 e. The molecule has 0 atom stereocenters. The maximum atomic E-state index is 12.3. The quantitative estimate of drug-likeness (QED) is 0.0971. The fourth-order valence-electron chi connectivity index (χ4n) is 3.26. The van der Waals surface area contributed by atoms with Gasteiger partial charge in [-0.2, -0.15) is 16.8 Å². The van der Waals surface area contributed by atoms with E-state index >= 15 is 0 Å². The predicted octanol–water partition coefficient (Wildman–Crippen LogP) is 3.63. The second-order valence-corrected chi connectivity index (χ2v) is 11.6. The first kappa shape index (κ1) is 31.0. The molecule has 3 aromatic rings. The second kappa shape index (κ2) is 14.7. The van der Waals surface area contributed by atoms with Crippen LogP contribution in [0.15, 0.2) is 77.7 Å². The van der Waals surface area contributed by atoms with Crippen molar-refractivity contribution in [2.24, 2.45) is 0 Å². The molecule has 40 heavy (non-hydrogen) atoms. The summed E-state index contributed by atoms with van der Waals surface area (Å²) in [7, 11) is -7.75. The van der Waals surface area contributed by atoms with Crippen LogP contribution in [0.5, 0.6) is 11.5 Å². The number of nitrogens with zero attached hydrogens (tertiary/aromatic N) is 1. The number of aryl methyl sites for hydroxylation is 1. The molecule has 0 aliphatic heterocycles. The van der Waals surface area contributed by atoms with Gasteiger partial charge in [-0.15, -0.1) is 0 Å². The monoisotopic (exact) mass is 595 g/mol. The second-order valence-electron chi connectivity index (χ2n) is 8.30. The van der Waals surface area contributed by atoms with Gasteiger partial charge in [-0.3, -0.25) is 18.5 Å². The molecule has 0 saturated heterocycles. The highest BCUT2D eigenvalue weighted by molar-refractivity contribution is 7.86. The van der Waals surface area contributed by atoms with E-state index < -0.39 is 25.2 Å². The van der Waals surface area contributed by atoms with Gasteiger partial charge in [0.1, 0.15) is 25.6 Å². The van der Waals surface area contributed by atoms with Gasteiger partial charge >= 0.3 is 0 Å². The summed E-state index contributed by atoms with van der Waals surface area (Å²) in [6, 6.07) is 18.5. The first-order chi connectivity index (χ1) is 19.1. The van der Waals surface area contributed by atoms with Crippen LogP contribution in [-0.4, -0.2) is 61.4 Å². The van der Waals surface area contributed by atoms with E-state index in [4.69, 9.17) is 22.6 Å². The predicted molar refractivity (Wildman–Crippen MR) is 144 cm³/mol. The van der Waals surface area contributed by atoms with Crippen molar-refractivity contribution in [3.05, 3.63) is 94.0 Å². The minimum absolute atomic E-state index is 0.00309. The number of hydrogen-bond donors (Lipinski definition) is 0. The van der Waals surface area contributed by atoms with Crippen LogP contribution < -0.4 is 9.47 Å². The zero-order valence-electron chi connectivity index (χ0n) is 21.6. The Morgan fingerprint density at radius 1 is 0.725 bits per heavy atom. The molecule has 3 aromatic carbocycles. The lowest BCUT2D eigenvalue weighted by Gasteiger charge is -2.13. The van der Waals surface area contributed by atoms with Crippen molar-refractivity contribution in [3.8, 4) is 11.5 Å². The van der Waals surface area contributed by atoms with Crippen LogP contribution in [0.25, 0.3) is 0 Å². The van der Waals surface area contributed by atoms with Gasteiger partial charge in [0.2, 0.25) is 0 Å². The molecule has 0 fully saturated rings. The van der Waals surface area contributed by atoms with Crippen LogP contribution in [0, 0.1) is 17.0 Å². The van der Waals surface area contributed by atoms with Crippen LogP contribution in [-0.2, 0) is 39.1 Å². The van der Waals surface area contributed by atoms with E-state index in [1.54, 1.807) is 42.5 Å². The smallest absolute Gasteiger partial charge is 0.297 e. The van der Waals surface area contributed by atoms with Crippen molar-refractivity contribution in [2.45, 2.75) is 17.6 Å². The van der Waals surface area contributed by atoms with E-state index in [1.165, 1.54) is 24.3 Å². The number of non-ortho nitro benzene ring substituents is 1. The molecule has 0 saturated carbocycles. The average molecular weight is 596 g/mol. The molecule has 216 valence electrons. The third-order valence-corrected chi connectivity index (χ3v) is 7.73. The Morgan fingerprint density at radius 3 is 2.05 bits per heavy atom. The zero-order valence-corrected chi connectivity index (χ0v) is 23.3. The standard InChI is InChI=1S/C26H29NO11S2/c1-21-7-10-24(11-8-21)40(32,33)38-18-16-36-26-19-23(27(28)29)9-12-25(26)35-15-13-34-14-17-37-39(30,31)20-22-5-3-2-4-6-22/h2-12,19H,13-18,20H2,1H3. The normalized spacial score (nSPS) is 11.7. The molecule has 0 aliphatic carbocycles. The van der Waals surface area contributed by atoms with Gasteiger partial charge in [-0.05, 0) is 30.7 Å². The van der Waals surface area contributed by atoms with Crippen molar-refractivity contribution in [3.63, 3.8) is 0 Å². The first-order valence-electron chi connectivity index (χ1n) is 12.0. The van der Waals surface area contributed by atoms with Crippen molar-refractivity contribution >= 4 is 25.9 Å². The topological polar surface area (TPSA) is 158 Å². The molecule has 0 aromatic heterocycles. The van der Waals surface area contributed by atoms with Gasteiger partial charge in [0.15, 0.2) is 11.5 Å². The highest BCUT2D eigenvalue weighted by Gasteiger charge is 2.17. The largest absolute Gasteiger partial charge is 0.487 e. The summed E-state index contributed by atoms with van der Waals surface area (Å²) in [4.78, 5) is 10.6. The Labute approximate surface area is 232 Å². The van der Waals surface area contributed by atoms with Gasteiger partial charge in [0, 0.05) is 6.07 Å². The van der Waals surface area contributed by atoms with E-state index in [2.05, 4.69) is 0 Å². The average Bonchev–Trinajstić information content (AvgIpc) is 2.91. The molecule has 0 amide bonds. The van der Waals surface area contributed by atoms with E-state index in [0.29, 0.717) is 5.56 Å². The van der Waals surface area contributed by atoms with Gasteiger partial charge in [-0.25, -0.2) is 0 Å². The summed E-state index contributed by atoms with van der Waals surface area (Å²) in [6.45, 7) is 1.16. The lowest BCUT2D eigenvalue weighted by atomic mass is 10.2. The molecule has 3 rings (SSSR count). The molecule has 0 unspecified atom stereocenters. The van der Waals surface area contributed by atoms with E-state index in [-0.39, 0.29) is 67.5 Å². The molecule has 14 heteroatoms. The van der Waals surface area contributed by atoms with Crippen LogP contribution in [0.2, 0.25) is 0 Å². The van der Waals surface area contributed by atoms with Crippen LogP contribution >= 0.6 is 0 Å². The molecule has 0 heterocycles. The van der Waals surface area contributed by atoms with Gasteiger partial charge in [0.05, 0.1) is 35.7 Å². The number of nitro benzene ring substituents is 1. The third-order valence-electron chi connectivity index (χ3n) is 5.19. The Morgan fingerprint density at radius 2 is 1.35 bits per heavy atom. The molecular weight excluding hydrogens is 566 g/mol. The Balaban J connectivity index is 1.43. The molecule has 0 spiro atoms. The highest BCUT2D eigenvalue weighted by Crippen LogP contribution is 2.31. The summed E-state index contributed by atoms with van der Waals surface area (Å²) < 4.78 is 75.0. The Bertz CT molecular complexity index is 1460. The van der Waals surface area contributed by atoms with E-state index in [1.807, 2.05) is 6.92 Å². The maximum absolute atomic E-state index is 12.3. The van der Waals surface area contributed by atoms with Gasteiger partial charge in [-0.1, -0.05) is 48.0 Å². The summed E-state index contributed by atoms with van der Waals surface area (Å²) in [5.74, 6) is -0.0684. The van der Waals surface area contributed by atoms with E-state index in [9.17, 15) is 26.9 Å². The summed E-state index contributed by atoms with van der Waals surface area (Å²) in [5, 5.41) is 11.2.